The molecule has 6 nitrogen and oxygen atoms in total. The second kappa shape index (κ2) is 6.27. The molecule has 0 aliphatic carbocycles. The summed E-state index contributed by atoms with van der Waals surface area (Å²) in [6.07, 6.45) is 0.596. The van der Waals surface area contributed by atoms with E-state index in [1.54, 1.807) is 20.8 Å². The SMILES string of the molecule is CC(C)(C)OC(=O)C1NCCc2nc(C(=O)[O-])sc21.[Li+]. The first-order chi connectivity index (χ1) is 8.78. The standard InChI is InChI=1S/C12H16N2O4S.Li/c1-12(2,3)18-11(17)7-8-6(4-5-13-7)14-9(19-8)10(15)16;/h7,13H,4-5H2,1-3H3,(H,15,16);/q;+1/p-1. The van der Waals surface area contributed by atoms with Gasteiger partial charge in [0.25, 0.3) is 0 Å². The van der Waals surface area contributed by atoms with Gasteiger partial charge in [0.2, 0.25) is 0 Å². The van der Waals surface area contributed by atoms with E-state index in [2.05, 4.69) is 10.3 Å². The molecule has 8 heteroatoms. The monoisotopic (exact) mass is 290 g/mol. The van der Waals surface area contributed by atoms with E-state index in [4.69, 9.17) is 4.74 Å². The van der Waals surface area contributed by atoms with E-state index in [1.807, 2.05) is 0 Å². The molecule has 0 aromatic carbocycles. The van der Waals surface area contributed by atoms with Crippen LogP contribution in [0.25, 0.3) is 0 Å². The topological polar surface area (TPSA) is 91.3 Å². The molecular weight excluding hydrogens is 275 g/mol. The summed E-state index contributed by atoms with van der Waals surface area (Å²) in [5.74, 6) is -1.73. The van der Waals surface area contributed by atoms with E-state index in [1.165, 1.54) is 0 Å². The van der Waals surface area contributed by atoms with Crippen molar-refractivity contribution in [1.82, 2.24) is 10.3 Å². The van der Waals surface area contributed by atoms with Crippen LogP contribution in [0.2, 0.25) is 0 Å². The predicted molar refractivity (Wildman–Crippen MR) is 66.7 cm³/mol. The molecule has 1 aliphatic heterocycles. The van der Waals surface area contributed by atoms with Crippen molar-refractivity contribution in [1.29, 1.82) is 0 Å². The fourth-order valence-corrected chi connectivity index (χ4v) is 2.84. The van der Waals surface area contributed by atoms with E-state index in [9.17, 15) is 14.7 Å². The number of carbonyl (C=O) groups is 2. The fourth-order valence-electron chi connectivity index (χ4n) is 1.83. The Kier molecular flexibility index (Phi) is 5.38. The van der Waals surface area contributed by atoms with Gasteiger partial charge in [0.15, 0.2) is 0 Å². The molecule has 0 fully saturated rings. The first-order valence-corrected chi connectivity index (χ1v) is 6.77. The fraction of sp³-hybridized carbons (Fsp3) is 0.583. The summed E-state index contributed by atoms with van der Waals surface area (Å²) >= 11 is 0.969. The smallest absolute Gasteiger partial charge is 0.542 e. The minimum absolute atomic E-state index is 0. The average Bonchev–Trinajstić information content (AvgIpc) is 2.69. The number of hydrogen-bond donors (Lipinski definition) is 1. The van der Waals surface area contributed by atoms with Gasteiger partial charge in [-0.25, -0.2) is 9.78 Å². The van der Waals surface area contributed by atoms with E-state index in [-0.39, 0.29) is 23.9 Å². The minimum atomic E-state index is -1.32. The largest absolute Gasteiger partial charge is 1.00 e. The van der Waals surface area contributed by atoms with Crippen molar-refractivity contribution in [2.45, 2.75) is 38.8 Å². The second-order valence-electron chi connectivity index (χ2n) is 5.29. The van der Waals surface area contributed by atoms with Gasteiger partial charge in [-0.1, -0.05) is 0 Å². The van der Waals surface area contributed by atoms with Crippen molar-refractivity contribution in [3.05, 3.63) is 15.6 Å². The van der Waals surface area contributed by atoms with E-state index in [0.29, 0.717) is 23.5 Å². The third kappa shape index (κ3) is 3.82. The van der Waals surface area contributed by atoms with Gasteiger partial charge < -0.3 is 14.6 Å². The zero-order valence-electron chi connectivity index (χ0n) is 12.0. The Hall–Kier alpha value is -0.873. The third-order valence-electron chi connectivity index (χ3n) is 2.52. The number of aromatic nitrogens is 1. The van der Waals surface area contributed by atoms with E-state index in [0.717, 1.165) is 11.3 Å². The van der Waals surface area contributed by atoms with Gasteiger partial charge in [-0.2, -0.15) is 0 Å². The number of carboxylic acid groups (broad SMARTS) is 1. The van der Waals surface area contributed by atoms with Crippen LogP contribution in [-0.4, -0.2) is 29.1 Å². The molecule has 20 heavy (non-hydrogen) atoms. The molecular formula is C12H15LiN2O4S. The van der Waals surface area contributed by atoms with Gasteiger partial charge in [-0.05, 0) is 20.8 Å². The van der Waals surface area contributed by atoms with Crippen molar-refractivity contribution in [3.8, 4) is 0 Å². The molecule has 104 valence electrons. The molecule has 1 aromatic heterocycles. The van der Waals surface area contributed by atoms with Crippen molar-refractivity contribution < 1.29 is 38.3 Å². The Morgan fingerprint density at radius 2 is 2.10 bits per heavy atom. The number of carbonyl (C=O) groups excluding carboxylic acids is 2. The van der Waals surface area contributed by atoms with Crippen LogP contribution in [0.3, 0.4) is 0 Å². The number of rotatable bonds is 2. The summed E-state index contributed by atoms with van der Waals surface area (Å²) in [6.45, 7) is 5.92. The van der Waals surface area contributed by atoms with Gasteiger partial charge in [0.1, 0.15) is 22.6 Å². The minimum Gasteiger partial charge on any atom is -0.542 e. The summed E-state index contributed by atoms with van der Waals surface area (Å²) in [5, 5.41) is 13.8. The maximum atomic E-state index is 12.1. The van der Waals surface area contributed by atoms with Crippen molar-refractivity contribution in [2.24, 2.45) is 0 Å². The van der Waals surface area contributed by atoms with Crippen LogP contribution in [0.1, 0.15) is 47.2 Å². The molecule has 2 rings (SSSR count). The molecule has 1 atom stereocenters. The number of carboxylic acids is 1. The summed E-state index contributed by atoms with van der Waals surface area (Å²) in [5.41, 5.74) is 0.0527. The summed E-state index contributed by atoms with van der Waals surface area (Å²) in [7, 11) is 0. The van der Waals surface area contributed by atoms with Crippen LogP contribution in [0, 0.1) is 0 Å². The normalized spacial score (nSPS) is 17.9. The van der Waals surface area contributed by atoms with Crippen LogP contribution in [0.15, 0.2) is 0 Å². The Morgan fingerprint density at radius 3 is 2.65 bits per heavy atom. The Labute approximate surface area is 133 Å². The molecule has 0 saturated heterocycles. The second-order valence-corrected chi connectivity index (χ2v) is 6.32. The number of esters is 1. The van der Waals surface area contributed by atoms with Crippen molar-refractivity contribution in [3.63, 3.8) is 0 Å². The first kappa shape index (κ1) is 17.2. The maximum absolute atomic E-state index is 12.1. The predicted octanol–water partition coefficient (Wildman–Crippen LogP) is -2.96. The summed E-state index contributed by atoms with van der Waals surface area (Å²) in [6, 6.07) is -0.645. The Balaban J connectivity index is 0.00000200. The van der Waals surface area contributed by atoms with Crippen LogP contribution in [-0.2, 0) is 16.0 Å². The number of nitrogens with one attached hydrogen (secondary N) is 1. The molecule has 1 aromatic rings. The van der Waals surface area contributed by atoms with Gasteiger partial charge >= 0.3 is 24.8 Å². The number of thiazole rings is 1. The van der Waals surface area contributed by atoms with E-state index < -0.39 is 23.6 Å². The van der Waals surface area contributed by atoms with Crippen LogP contribution in [0.4, 0.5) is 0 Å². The van der Waals surface area contributed by atoms with Crippen LogP contribution < -0.4 is 29.3 Å². The molecule has 2 heterocycles. The van der Waals surface area contributed by atoms with Crippen molar-refractivity contribution >= 4 is 23.3 Å². The van der Waals surface area contributed by atoms with Gasteiger partial charge in [0.05, 0.1) is 10.6 Å². The quantitative estimate of drug-likeness (QED) is 0.462. The zero-order chi connectivity index (χ0) is 14.2. The number of fused-ring (bicyclic) bond motifs is 1. The zero-order valence-corrected chi connectivity index (χ0v) is 12.8. The van der Waals surface area contributed by atoms with Gasteiger partial charge in [-0.3, -0.25) is 5.32 Å². The molecule has 1 aliphatic rings. The molecule has 0 radical (unpaired) electrons. The van der Waals surface area contributed by atoms with Crippen LogP contribution >= 0.6 is 11.3 Å². The number of ether oxygens (including phenoxy) is 1. The summed E-state index contributed by atoms with van der Waals surface area (Å²) in [4.78, 5) is 27.5. The molecule has 0 bridgehead atoms. The molecule has 1 unspecified atom stereocenters. The molecule has 0 amide bonds. The van der Waals surface area contributed by atoms with Gasteiger partial charge in [-0.15, -0.1) is 11.3 Å². The molecule has 0 spiro atoms. The number of aromatic carboxylic acids is 1. The number of nitrogens with zero attached hydrogens (tertiary/aromatic N) is 1. The first-order valence-electron chi connectivity index (χ1n) is 5.95. The maximum Gasteiger partial charge on any atom is 1.00 e. The Morgan fingerprint density at radius 1 is 1.45 bits per heavy atom. The molecule has 1 N–H and O–H groups in total. The summed E-state index contributed by atoms with van der Waals surface area (Å²) < 4.78 is 5.32. The third-order valence-corrected chi connectivity index (χ3v) is 3.66. The average molecular weight is 290 g/mol. The molecule has 0 saturated carbocycles. The number of hydrogen-bond acceptors (Lipinski definition) is 7. The van der Waals surface area contributed by atoms with Crippen molar-refractivity contribution in [2.75, 3.05) is 6.54 Å². The van der Waals surface area contributed by atoms with E-state index >= 15 is 0 Å². The van der Waals surface area contributed by atoms with Crippen LogP contribution in [0.5, 0.6) is 0 Å². The Bertz CT molecular complexity index is 524. The van der Waals surface area contributed by atoms with Gasteiger partial charge in [0, 0.05) is 13.0 Å².